The first-order valence-electron chi connectivity index (χ1n) is 5.62. The molecule has 0 saturated heterocycles. The fraction of sp³-hybridized carbons (Fsp3) is 0. The van der Waals surface area contributed by atoms with Crippen molar-refractivity contribution in [2.75, 3.05) is 0 Å². The van der Waals surface area contributed by atoms with E-state index in [4.69, 9.17) is 11.6 Å². The Labute approximate surface area is 121 Å². The molecule has 0 N–H and O–H groups in total. The molecule has 0 radical (unpaired) electrons. The maximum absolute atomic E-state index is 13.5. The molecular weight excluding hydrogens is 301 g/mol. The molecule has 0 aliphatic carbocycles. The highest BCUT2D eigenvalue weighted by molar-refractivity contribution is 7.20. The van der Waals surface area contributed by atoms with Crippen molar-refractivity contribution in [2.45, 2.75) is 0 Å². The van der Waals surface area contributed by atoms with Gasteiger partial charge in [-0.05, 0) is 29.8 Å². The van der Waals surface area contributed by atoms with Gasteiger partial charge >= 0.3 is 0 Å². The molecule has 4 nitrogen and oxygen atoms in total. The first kappa shape index (κ1) is 13.0. The van der Waals surface area contributed by atoms with E-state index in [2.05, 4.69) is 10.1 Å². The number of nitrogens with zero attached hydrogens (tertiary/aromatic N) is 3. The highest BCUT2D eigenvalue weighted by atomic mass is 35.5. The van der Waals surface area contributed by atoms with Crippen molar-refractivity contribution in [2.24, 2.45) is 0 Å². The fourth-order valence-corrected chi connectivity index (χ4v) is 2.60. The summed E-state index contributed by atoms with van der Waals surface area (Å²) in [4.78, 5) is 16.4. The van der Waals surface area contributed by atoms with Gasteiger partial charge in [0.2, 0.25) is 9.43 Å². The predicted molar refractivity (Wildman–Crippen MR) is 77.5 cm³/mol. The van der Waals surface area contributed by atoms with E-state index in [1.54, 1.807) is 30.4 Å². The number of hydrogen-bond donors (Lipinski definition) is 0. The average molecular weight is 308 g/mol. The molecule has 0 fully saturated rings. The average Bonchev–Trinajstić information content (AvgIpc) is 2.79. The second kappa shape index (κ2) is 5.15. The molecule has 0 amide bonds. The summed E-state index contributed by atoms with van der Waals surface area (Å²) in [6, 6.07) is 7.68. The normalized spacial score (nSPS) is 11.5. The van der Waals surface area contributed by atoms with Crippen molar-refractivity contribution in [3.05, 3.63) is 62.2 Å². The molecule has 0 unspecified atom stereocenters. The van der Waals surface area contributed by atoms with E-state index in [1.165, 1.54) is 12.1 Å². The minimum atomic E-state index is -0.331. The Morgan fingerprint density at radius 1 is 1.30 bits per heavy atom. The number of benzene rings is 1. The minimum Gasteiger partial charge on any atom is -0.267 e. The van der Waals surface area contributed by atoms with Crippen LogP contribution in [0.3, 0.4) is 0 Å². The van der Waals surface area contributed by atoms with Gasteiger partial charge in [0.25, 0.3) is 5.56 Å². The van der Waals surface area contributed by atoms with Gasteiger partial charge in [-0.3, -0.25) is 4.79 Å². The van der Waals surface area contributed by atoms with Crippen molar-refractivity contribution in [3.8, 4) is 0 Å². The third-order valence-corrected chi connectivity index (χ3v) is 3.58. The van der Waals surface area contributed by atoms with Crippen LogP contribution in [0, 0.1) is 5.82 Å². The number of fused-ring (bicyclic) bond motifs is 1. The standard InChI is InChI=1S/C13H7ClFN3OS/c14-12-17-18-11(19)7-9(16-13(18)20-12)6-5-8-3-1-2-4-10(8)15/h1-7H/b6-5+. The molecular formula is C13H7ClFN3OS. The van der Waals surface area contributed by atoms with Gasteiger partial charge in [0.05, 0.1) is 5.69 Å². The molecule has 2 heterocycles. The van der Waals surface area contributed by atoms with Crippen molar-refractivity contribution >= 4 is 40.1 Å². The molecule has 3 rings (SSSR count). The van der Waals surface area contributed by atoms with Gasteiger partial charge in [-0.15, -0.1) is 5.10 Å². The van der Waals surface area contributed by atoms with Gasteiger partial charge in [-0.25, -0.2) is 9.37 Å². The zero-order valence-electron chi connectivity index (χ0n) is 9.96. The summed E-state index contributed by atoms with van der Waals surface area (Å²) >= 11 is 6.84. The maximum atomic E-state index is 13.5. The molecule has 3 aromatic rings. The molecule has 0 saturated carbocycles. The lowest BCUT2D eigenvalue weighted by atomic mass is 10.2. The van der Waals surface area contributed by atoms with Gasteiger partial charge in [-0.2, -0.15) is 4.52 Å². The Morgan fingerprint density at radius 2 is 2.10 bits per heavy atom. The summed E-state index contributed by atoms with van der Waals surface area (Å²) in [5.41, 5.74) is 0.529. The highest BCUT2D eigenvalue weighted by Crippen LogP contribution is 2.17. The van der Waals surface area contributed by atoms with Crippen LogP contribution in [-0.2, 0) is 0 Å². The third kappa shape index (κ3) is 2.48. The Hall–Kier alpha value is -2.05. The van der Waals surface area contributed by atoms with Gasteiger partial charge in [-0.1, -0.05) is 29.5 Å². The lowest BCUT2D eigenvalue weighted by molar-refractivity contribution is 0.625. The maximum Gasteiger partial charge on any atom is 0.275 e. The molecule has 2 aromatic heterocycles. The van der Waals surface area contributed by atoms with Crippen LogP contribution in [0.25, 0.3) is 17.1 Å². The van der Waals surface area contributed by atoms with E-state index >= 15 is 0 Å². The monoisotopic (exact) mass is 307 g/mol. The zero-order chi connectivity index (χ0) is 14.1. The van der Waals surface area contributed by atoms with Crippen LogP contribution in [0.5, 0.6) is 0 Å². The Kier molecular flexibility index (Phi) is 3.33. The van der Waals surface area contributed by atoms with E-state index in [0.717, 1.165) is 15.9 Å². The summed E-state index contributed by atoms with van der Waals surface area (Å²) in [5, 5.41) is 3.83. The lowest BCUT2D eigenvalue weighted by Gasteiger charge is -1.96. The molecule has 20 heavy (non-hydrogen) atoms. The van der Waals surface area contributed by atoms with E-state index < -0.39 is 0 Å². The summed E-state index contributed by atoms with van der Waals surface area (Å²) in [6.07, 6.45) is 3.14. The van der Waals surface area contributed by atoms with Crippen LogP contribution >= 0.6 is 22.9 Å². The van der Waals surface area contributed by atoms with E-state index in [1.807, 2.05) is 0 Å². The Balaban J connectivity index is 2.03. The van der Waals surface area contributed by atoms with Gasteiger partial charge in [0, 0.05) is 11.6 Å². The Morgan fingerprint density at radius 3 is 2.90 bits per heavy atom. The smallest absolute Gasteiger partial charge is 0.267 e. The van der Waals surface area contributed by atoms with Crippen LogP contribution < -0.4 is 5.56 Å². The second-order valence-electron chi connectivity index (χ2n) is 3.92. The van der Waals surface area contributed by atoms with Gasteiger partial charge in [0.15, 0.2) is 0 Å². The number of rotatable bonds is 2. The first-order valence-corrected chi connectivity index (χ1v) is 6.82. The highest BCUT2D eigenvalue weighted by Gasteiger charge is 2.06. The van der Waals surface area contributed by atoms with Crippen LogP contribution in [0.15, 0.2) is 35.1 Å². The fourth-order valence-electron chi connectivity index (χ4n) is 1.68. The molecule has 0 spiro atoms. The lowest BCUT2D eigenvalue weighted by Crippen LogP contribution is -2.14. The summed E-state index contributed by atoms with van der Waals surface area (Å²) in [6.45, 7) is 0. The molecule has 0 aliphatic rings. The molecule has 7 heteroatoms. The quantitative estimate of drug-likeness (QED) is 0.731. The number of hydrogen-bond acceptors (Lipinski definition) is 4. The van der Waals surface area contributed by atoms with Gasteiger partial charge in [0.1, 0.15) is 5.82 Å². The van der Waals surface area contributed by atoms with Crippen molar-refractivity contribution in [3.63, 3.8) is 0 Å². The van der Waals surface area contributed by atoms with E-state index in [-0.39, 0.29) is 15.8 Å². The molecule has 1 aromatic carbocycles. The number of halogens is 2. The second-order valence-corrected chi connectivity index (χ2v) is 5.46. The third-order valence-electron chi connectivity index (χ3n) is 2.58. The molecule has 100 valence electrons. The molecule has 0 atom stereocenters. The molecule has 0 bridgehead atoms. The number of aromatic nitrogens is 3. The minimum absolute atomic E-state index is 0.241. The largest absolute Gasteiger partial charge is 0.275 e. The Bertz CT molecular complexity index is 871. The summed E-state index contributed by atoms with van der Waals surface area (Å²) in [5.74, 6) is -0.331. The van der Waals surface area contributed by atoms with E-state index in [0.29, 0.717) is 16.2 Å². The van der Waals surface area contributed by atoms with Crippen LogP contribution in [0.1, 0.15) is 11.3 Å². The SMILES string of the molecule is O=c1cc(/C=C/c2ccccc2F)nc2sc(Cl)nn12. The topological polar surface area (TPSA) is 47.3 Å². The van der Waals surface area contributed by atoms with Crippen molar-refractivity contribution in [1.29, 1.82) is 0 Å². The summed E-state index contributed by atoms with van der Waals surface area (Å²) < 4.78 is 14.8. The van der Waals surface area contributed by atoms with Gasteiger partial charge < -0.3 is 0 Å². The van der Waals surface area contributed by atoms with Crippen LogP contribution in [0.4, 0.5) is 4.39 Å². The predicted octanol–water partition coefficient (Wildman–Crippen LogP) is 3.11. The van der Waals surface area contributed by atoms with Crippen LogP contribution in [0.2, 0.25) is 4.47 Å². The molecule has 0 aliphatic heterocycles. The van der Waals surface area contributed by atoms with Crippen LogP contribution in [-0.4, -0.2) is 14.6 Å². The van der Waals surface area contributed by atoms with Crippen molar-refractivity contribution in [1.82, 2.24) is 14.6 Å². The van der Waals surface area contributed by atoms with E-state index in [9.17, 15) is 9.18 Å². The van der Waals surface area contributed by atoms with Crippen molar-refractivity contribution < 1.29 is 4.39 Å². The first-order chi connectivity index (χ1) is 9.63. The summed E-state index contributed by atoms with van der Waals surface area (Å²) in [7, 11) is 0. The zero-order valence-corrected chi connectivity index (χ0v) is 11.5.